The SMILES string of the molecule is BrC(Br)(Br)C1(Br)OC1(Br)Br. The smallest absolute Gasteiger partial charge is 0.221 e. The molecule has 0 aromatic heterocycles. The maximum Gasteiger partial charge on any atom is 0.221 e. The van der Waals surface area contributed by atoms with Gasteiger partial charge in [0.15, 0.2) is 2.14 Å². The van der Waals surface area contributed by atoms with Crippen LogP contribution in [-0.2, 0) is 4.74 Å². The van der Waals surface area contributed by atoms with E-state index in [1.807, 2.05) is 0 Å². The second kappa shape index (κ2) is 2.92. The van der Waals surface area contributed by atoms with E-state index in [2.05, 4.69) is 95.6 Å². The molecule has 0 radical (unpaired) electrons. The molecular weight excluding hydrogens is 531 g/mol. The molecule has 0 aromatic rings. The van der Waals surface area contributed by atoms with Gasteiger partial charge >= 0.3 is 0 Å². The van der Waals surface area contributed by atoms with Crippen molar-refractivity contribution in [2.45, 2.75) is 10.1 Å². The molecule has 0 amide bonds. The van der Waals surface area contributed by atoms with Gasteiger partial charge < -0.3 is 4.74 Å². The van der Waals surface area contributed by atoms with Crippen molar-refractivity contribution in [2.75, 3.05) is 0 Å². The first-order valence-electron chi connectivity index (χ1n) is 2.04. The van der Waals surface area contributed by atoms with Crippen molar-refractivity contribution in [3.8, 4) is 0 Å². The third kappa shape index (κ3) is 1.70. The summed E-state index contributed by atoms with van der Waals surface area (Å²) >= 11 is 20.0. The Morgan fingerprint density at radius 3 is 1.30 bits per heavy atom. The highest BCUT2D eigenvalue weighted by Crippen LogP contribution is 2.71. The van der Waals surface area contributed by atoms with E-state index in [0.717, 1.165) is 0 Å². The predicted molar refractivity (Wildman–Crippen MR) is 62.8 cm³/mol. The highest BCUT2D eigenvalue weighted by molar-refractivity contribution is 9.40. The number of alkyl halides is 6. The summed E-state index contributed by atoms with van der Waals surface area (Å²) in [5, 5.41) is 0. The Morgan fingerprint density at radius 2 is 1.30 bits per heavy atom. The van der Waals surface area contributed by atoms with Gasteiger partial charge in [0.05, 0.1) is 0 Å². The zero-order chi connectivity index (χ0) is 8.21. The van der Waals surface area contributed by atoms with Gasteiger partial charge in [0.1, 0.15) is 0 Å². The zero-order valence-corrected chi connectivity index (χ0v) is 13.7. The van der Waals surface area contributed by atoms with E-state index in [1.165, 1.54) is 0 Å². The van der Waals surface area contributed by atoms with E-state index in [9.17, 15) is 0 Å². The summed E-state index contributed by atoms with van der Waals surface area (Å²) in [6.45, 7) is 0. The molecule has 0 aromatic carbocycles. The first-order valence-corrected chi connectivity index (χ1v) is 6.80. The predicted octanol–water partition coefficient (Wildman–Crippen LogP) is 4.39. The molecule has 1 fully saturated rings. The van der Waals surface area contributed by atoms with Crippen LogP contribution < -0.4 is 0 Å². The molecule has 0 aliphatic carbocycles. The summed E-state index contributed by atoms with van der Waals surface area (Å²) in [4.78, 5) is 0. The second-order valence-corrected chi connectivity index (χ2v) is 12.9. The number of hydrogen-bond acceptors (Lipinski definition) is 1. The lowest BCUT2D eigenvalue weighted by atomic mass is 10.6. The lowest BCUT2D eigenvalue weighted by Crippen LogP contribution is -2.24. The first kappa shape index (κ1) is 10.9. The van der Waals surface area contributed by atoms with E-state index in [0.29, 0.717) is 0 Å². The van der Waals surface area contributed by atoms with Gasteiger partial charge in [-0.25, -0.2) is 0 Å². The maximum absolute atomic E-state index is 5.27. The van der Waals surface area contributed by atoms with Crippen LogP contribution in [0.3, 0.4) is 0 Å². The van der Waals surface area contributed by atoms with Gasteiger partial charge in [-0.3, -0.25) is 0 Å². The third-order valence-corrected chi connectivity index (χ3v) is 8.06. The number of rotatable bonds is 0. The van der Waals surface area contributed by atoms with Gasteiger partial charge in [0.2, 0.25) is 7.93 Å². The Labute approximate surface area is 109 Å². The van der Waals surface area contributed by atoms with Crippen LogP contribution in [0.4, 0.5) is 0 Å². The fraction of sp³-hybridized carbons (Fsp3) is 1.00. The van der Waals surface area contributed by atoms with Crippen LogP contribution in [0.1, 0.15) is 0 Å². The molecule has 0 bridgehead atoms. The molecule has 0 saturated carbocycles. The van der Waals surface area contributed by atoms with Crippen LogP contribution in [0.15, 0.2) is 0 Å². The summed E-state index contributed by atoms with van der Waals surface area (Å²) in [5.74, 6) is 0. The molecule has 0 spiro atoms. The normalized spacial score (nSPS) is 37.8. The third-order valence-electron chi connectivity index (χ3n) is 0.966. The fourth-order valence-corrected chi connectivity index (χ4v) is 4.81. The van der Waals surface area contributed by atoms with Gasteiger partial charge in [-0.05, 0) is 47.8 Å². The molecule has 1 saturated heterocycles. The summed E-state index contributed by atoms with van der Waals surface area (Å²) in [7, 11) is 0. The zero-order valence-electron chi connectivity index (χ0n) is 4.18. The van der Waals surface area contributed by atoms with E-state index in [-0.39, 0.29) is 0 Å². The number of halogens is 6. The quantitative estimate of drug-likeness (QED) is 0.334. The van der Waals surface area contributed by atoms with E-state index < -0.39 is 10.1 Å². The van der Waals surface area contributed by atoms with Crippen LogP contribution in [0.5, 0.6) is 0 Å². The van der Waals surface area contributed by atoms with Crippen molar-refractivity contribution in [3.05, 3.63) is 0 Å². The lowest BCUT2D eigenvalue weighted by molar-refractivity contribution is 0.390. The molecule has 60 valence electrons. The van der Waals surface area contributed by atoms with Crippen molar-refractivity contribution in [2.24, 2.45) is 0 Å². The molecule has 1 atom stereocenters. The highest BCUT2D eigenvalue weighted by Gasteiger charge is 2.75. The largest absolute Gasteiger partial charge is 0.324 e. The van der Waals surface area contributed by atoms with E-state index in [4.69, 9.17) is 4.74 Å². The van der Waals surface area contributed by atoms with Gasteiger partial charge in [0, 0.05) is 0 Å². The molecule has 7 heteroatoms. The molecular formula is C3Br6O. The van der Waals surface area contributed by atoms with Crippen LogP contribution in [0.25, 0.3) is 0 Å². The van der Waals surface area contributed by atoms with Gasteiger partial charge in [0.25, 0.3) is 0 Å². The average molecular weight is 531 g/mol. The van der Waals surface area contributed by atoms with E-state index >= 15 is 0 Å². The van der Waals surface area contributed by atoms with Crippen molar-refractivity contribution < 1.29 is 4.74 Å². The molecule has 1 aliphatic heterocycles. The second-order valence-electron chi connectivity index (χ2n) is 1.71. The van der Waals surface area contributed by atoms with Gasteiger partial charge in [-0.15, -0.1) is 0 Å². The first-order chi connectivity index (χ1) is 4.21. The summed E-state index contributed by atoms with van der Waals surface area (Å²) in [5.41, 5.74) is 0. The average Bonchev–Trinajstić information content (AvgIpc) is 2.05. The van der Waals surface area contributed by atoms with Crippen molar-refractivity contribution in [1.29, 1.82) is 0 Å². The molecule has 1 aliphatic rings. The van der Waals surface area contributed by atoms with E-state index in [1.54, 1.807) is 0 Å². The molecule has 0 N–H and O–H groups in total. The van der Waals surface area contributed by atoms with Crippen LogP contribution >= 0.6 is 95.6 Å². The molecule has 1 nitrogen and oxygen atoms in total. The Kier molecular flexibility index (Phi) is 3.18. The van der Waals surface area contributed by atoms with Crippen molar-refractivity contribution in [3.63, 3.8) is 0 Å². The van der Waals surface area contributed by atoms with Crippen LogP contribution in [0.2, 0.25) is 0 Å². The molecule has 1 heterocycles. The van der Waals surface area contributed by atoms with Crippen molar-refractivity contribution >= 4 is 95.6 Å². The summed E-state index contributed by atoms with van der Waals surface area (Å²) in [6, 6.07) is 0. The molecule has 1 rings (SSSR count). The number of hydrogen-bond donors (Lipinski definition) is 0. The minimum atomic E-state index is -0.521. The standard InChI is InChI=1S/C3Br6O/c4-1(2(5,6)7)3(8,9)10-1. The topological polar surface area (TPSA) is 12.5 Å². The Morgan fingerprint density at radius 1 is 1.00 bits per heavy atom. The number of epoxide rings is 1. The minimum absolute atomic E-state index is 0.479. The van der Waals surface area contributed by atoms with Gasteiger partial charge in [-0.2, -0.15) is 0 Å². The van der Waals surface area contributed by atoms with Crippen LogP contribution in [0, 0.1) is 0 Å². The lowest BCUT2D eigenvalue weighted by Gasteiger charge is -2.15. The summed E-state index contributed by atoms with van der Waals surface area (Å²) < 4.78 is 3.76. The highest BCUT2D eigenvalue weighted by atomic mass is 80.0. The Bertz CT molecular complexity index is 161. The fourth-order valence-electron chi connectivity index (χ4n) is 0.374. The monoisotopic (exact) mass is 526 g/mol. The summed E-state index contributed by atoms with van der Waals surface area (Å²) in [6.07, 6.45) is 0. The van der Waals surface area contributed by atoms with Gasteiger partial charge in [-0.1, -0.05) is 47.8 Å². The minimum Gasteiger partial charge on any atom is -0.324 e. The Hall–Kier alpha value is 2.84. The molecule has 10 heavy (non-hydrogen) atoms. The number of ether oxygens (including phenoxy) is 1. The Balaban J connectivity index is 2.78. The van der Waals surface area contributed by atoms with Crippen LogP contribution in [-0.4, -0.2) is 10.1 Å². The maximum atomic E-state index is 5.27. The molecule has 1 unspecified atom stereocenters. The van der Waals surface area contributed by atoms with Crippen molar-refractivity contribution in [1.82, 2.24) is 0 Å².